The minimum Gasteiger partial charge on any atom is -0.507 e. The van der Waals surface area contributed by atoms with Crippen LogP contribution in [0.25, 0.3) is 22.5 Å². The molecule has 0 amide bonds. The van der Waals surface area contributed by atoms with Crippen molar-refractivity contribution in [2.45, 2.75) is 19.1 Å². The van der Waals surface area contributed by atoms with E-state index >= 15 is 0 Å². The van der Waals surface area contributed by atoms with Gasteiger partial charge in [0.15, 0.2) is 5.82 Å². The third kappa shape index (κ3) is 4.06. The Kier molecular flexibility index (Phi) is 5.50. The molecule has 0 unspecified atom stereocenters. The minimum atomic E-state index is -4.45. The molecule has 2 aromatic carbocycles. The number of rotatable bonds is 6. The van der Waals surface area contributed by atoms with Crippen LogP contribution in [-0.4, -0.2) is 44.1 Å². The van der Waals surface area contributed by atoms with Crippen molar-refractivity contribution >= 4 is 0 Å². The number of phenols is 2. The molecule has 0 aliphatic carbocycles. The highest BCUT2D eigenvalue weighted by Gasteiger charge is 2.30. The molecule has 0 saturated heterocycles. The summed E-state index contributed by atoms with van der Waals surface area (Å²) >= 11 is 0. The maximum Gasteiger partial charge on any atom is 0.416 e. The third-order valence-electron chi connectivity index (χ3n) is 4.13. The van der Waals surface area contributed by atoms with E-state index in [1.807, 2.05) is 0 Å². The van der Waals surface area contributed by atoms with Crippen LogP contribution in [0.4, 0.5) is 13.2 Å². The molecule has 0 fully saturated rings. The molecule has 0 aliphatic heterocycles. The van der Waals surface area contributed by atoms with Crippen LogP contribution in [0.3, 0.4) is 0 Å². The first kappa shape index (κ1) is 19.6. The summed E-state index contributed by atoms with van der Waals surface area (Å²) in [6.45, 7) is 0.934. The number of aromatic hydroxyl groups is 2. The van der Waals surface area contributed by atoms with Gasteiger partial charge >= 0.3 is 6.18 Å². The van der Waals surface area contributed by atoms with Gasteiger partial charge in [0.1, 0.15) is 11.5 Å². The lowest BCUT2D eigenvalue weighted by molar-refractivity contribution is -0.137. The summed E-state index contributed by atoms with van der Waals surface area (Å²) < 4.78 is 44.7. The molecule has 0 bridgehead atoms. The molecule has 3 aromatic rings. The van der Waals surface area contributed by atoms with Crippen LogP contribution in [0.2, 0.25) is 0 Å². The minimum absolute atomic E-state index is 0.243. The zero-order valence-electron chi connectivity index (χ0n) is 14.8. The fourth-order valence-electron chi connectivity index (χ4n) is 2.73. The fourth-order valence-corrected chi connectivity index (χ4v) is 2.73. The molecule has 2 N–H and O–H groups in total. The number of aryl methyl sites for hydroxylation is 1. The molecule has 0 atom stereocenters. The second-order valence-electron chi connectivity index (χ2n) is 6.03. The lowest BCUT2D eigenvalue weighted by Crippen LogP contribution is -2.05. The molecule has 0 spiro atoms. The molecule has 0 aliphatic rings. The second-order valence-corrected chi connectivity index (χ2v) is 6.03. The maximum atomic E-state index is 12.8. The van der Waals surface area contributed by atoms with Crippen LogP contribution in [0.15, 0.2) is 36.4 Å². The van der Waals surface area contributed by atoms with Gasteiger partial charge in [-0.05, 0) is 40.6 Å². The highest BCUT2D eigenvalue weighted by molar-refractivity contribution is 5.79. The number of benzene rings is 2. The Morgan fingerprint density at radius 3 is 2.36 bits per heavy atom. The molecule has 1 heterocycles. The van der Waals surface area contributed by atoms with Gasteiger partial charge in [-0.2, -0.15) is 13.2 Å². The Morgan fingerprint density at radius 1 is 1.04 bits per heavy atom. The van der Waals surface area contributed by atoms with Crippen LogP contribution in [0.5, 0.6) is 11.5 Å². The molecule has 0 radical (unpaired) electrons. The molecule has 10 heteroatoms. The van der Waals surface area contributed by atoms with E-state index in [2.05, 4.69) is 15.5 Å². The molecule has 28 heavy (non-hydrogen) atoms. The zero-order chi connectivity index (χ0) is 20.3. The van der Waals surface area contributed by atoms with Gasteiger partial charge in [-0.15, -0.1) is 5.10 Å². The van der Waals surface area contributed by atoms with E-state index in [-0.39, 0.29) is 28.5 Å². The molecule has 7 nitrogen and oxygen atoms in total. The van der Waals surface area contributed by atoms with E-state index in [1.54, 1.807) is 7.11 Å². The highest BCUT2D eigenvalue weighted by Crippen LogP contribution is 2.39. The monoisotopic (exact) mass is 394 g/mol. The predicted octanol–water partition coefficient (Wildman–Crippen LogP) is 3.47. The van der Waals surface area contributed by atoms with Crippen molar-refractivity contribution in [3.8, 4) is 34.0 Å². The number of alkyl halides is 3. The highest BCUT2D eigenvalue weighted by atomic mass is 19.4. The maximum absolute atomic E-state index is 12.8. The van der Waals surface area contributed by atoms with Gasteiger partial charge in [-0.3, -0.25) is 0 Å². The van der Waals surface area contributed by atoms with E-state index in [1.165, 1.54) is 22.9 Å². The average molecular weight is 394 g/mol. The summed E-state index contributed by atoms with van der Waals surface area (Å²) in [6, 6.07) is 6.90. The van der Waals surface area contributed by atoms with Crippen molar-refractivity contribution < 1.29 is 28.1 Å². The standard InChI is InChI=1S/C18H17F3N4O3/c1-28-8-2-7-25-17(22-23-24-25)14-9-13(15(26)10-16(14)27)11-3-5-12(6-4-11)18(19,20)21/h3-6,9-10,26-27H,2,7-8H2,1H3. The Labute approximate surface area is 158 Å². The van der Waals surface area contributed by atoms with Gasteiger partial charge in [0.25, 0.3) is 0 Å². The Bertz CT molecular complexity index is 956. The lowest BCUT2D eigenvalue weighted by atomic mass is 9.99. The Morgan fingerprint density at radius 2 is 1.71 bits per heavy atom. The summed E-state index contributed by atoms with van der Waals surface area (Å²) in [5.41, 5.74) is 0.0464. The Balaban J connectivity index is 1.99. The summed E-state index contributed by atoms with van der Waals surface area (Å²) in [6.07, 6.45) is -3.82. The molecule has 1 aromatic heterocycles. The van der Waals surface area contributed by atoms with E-state index in [9.17, 15) is 23.4 Å². The van der Waals surface area contributed by atoms with Crippen LogP contribution >= 0.6 is 0 Å². The van der Waals surface area contributed by atoms with Gasteiger partial charge in [-0.25, -0.2) is 4.68 Å². The quantitative estimate of drug-likeness (QED) is 0.622. The molecular weight excluding hydrogens is 377 g/mol. The number of phenolic OH excluding ortho intramolecular Hbond substituents is 2. The van der Waals surface area contributed by atoms with Crippen molar-refractivity contribution in [1.82, 2.24) is 20.2 Å². The van der Waals surface area contributed by atoms with Crippen molar-refractivity contribution in [2.75, 3.05) is 13.7 Å². The summed E-state index contributed by atoms with van der Waals surface area (Å²) in [5, 5.41) is 31.8. The van der Waals surface area contributed by atoms with E-state index < -0.39 is 11.7 Å². The third-order valence-corrected chi connectivity index (χ3v) is 4.13. The van der Waals surface area contributed by atoms with Gasteiger partial charge in [0.05, 0.1) is 11.1 Å². The second kappa shape index (κ2) is 7.85. The number of hydrogen-bond acceptors (Lipinski definition) is 6. The number of tetrazole rings is 1. The van der Waals surface area contributed by atoms with E-state index in [0.717, 1.165) is 18.2 Å². The normalized spacial score (nSPS) is 11.7. The fraction of sp³-hybridized carbons (Fsp3) is 0.278. The van der Waals surface area contributed by atoms with Crippen LogP contribution < -0.4 is 0 Å². The van der Waals surface area contributed by atoms with Gasteiger partial charge in [0, 0.05) is 31.9 Å². The molecular formula is C18H17F3N4O3. The number of aromatic nitrogens is 4. The van der Waals surface area contributed by atoms with Crippen LogP contribution in [0.1, 0.15) is 12.0 Å². The lowest BCUT2D eigenvalue weighted by Gasteiger charge is -2.12. The van der Waals surface area contributed by atoms with Gasteiger partial charge < -0.3 is 14.9 Å². The number of ether oxygens (including phenoxy) is 1. The van der Waals surface area contributed by atoms with Crippen LogP contribution in [0, 0.1) is 0 Å². The smallest absolute Gasteiger partial charge is 0.416 e. The largest absolute Gasteiger partial charge is 0.507 e. The number of nitrogens with zero attached hydrogens (tertiary/aromatic N) is 4. The van der Waals surface area contributed by atoms with Gasteiger partial charge in [0.2, 0.25) is 0 Å². The van der Waals surface area contributed by atoms with Crippen molar-refractivity contribution in [3.63, 3.8) is 0 Å². The summed E-state index contributed by atoms with van der Waals surface area (Å²) in [5.74, 6) is -0.267. The van der Waals surface area contributed by atoms with Crippen LogP contribution in [-0.2, 0) is 17.5 Å². The van der Waals surface area contributed by atoms with E-state index in [0.29, 0.717) is 25.1 Å². The first-order chi connectivity index (χ1) is 13.3. The molecule has 3 rings (SSSR count). The van der Waals surface area contributed by atoms with E-state index in [4.69, 9.17) is 4.74 Å². The van der Waals surface area contributed by atoms with Crippen molar-refractivity contribution in [2.24, 2.45) is 0 Å². The van der Waals surface area contributed by atoms with Crippen molar-refractivity contribution in [1.29, 1.82) is 0 Å². The van der Waals surface area contributed by atoms with Gasteiger partial charge in [-0.1, -0.05) is 12.1 Å². The number of halogens is 3. The SMILES string of the molecule is COCCCn1nnnc1-c1cc(-c2ccc(C(F)(F)F)cc2)c(O)cc1O. The Hall–Kier alpha value is -3.14. The zero-order valence-corrected chi connectivity index (χ0v) is 14.8. The molecule has 0 saturated carbocycles. The molecule has 148 valence electrons. The average Bonchev–Trinajstić information content (AvgIpc) is 3.10. The number of methoxy groups -OCH3 is 1. The number of hydrogen-bond donors (Lipinski definition) is 2. The first-order valence-electron chi connectivity index (χ1n) is 8.30. The predicted molar refractivity (Wildman–Crippen MR) is 93.5 cm³/mol. The summed E-state index contributed by atoms with van der Waals surface area (Å²) in [7, 11) is 1.57. The first-order valence-corrected chi connectivity index (χ1v) is 8.30. The topological polar surface area (TPSA) is 93.3 Å². The summed E-state index contributed by atoms with van der Waals surface area (Å²) in [4.78, 5) is 0. The van der Waals surface area contributed by atoms with Crippen molar-refractivity contribution in [3.05, 3.63) is 42.0 Å².